The lowest BCUT2D eigenvalue weighted by molar-refractivity contribution is 0.973. The van der Waals surface area contributed by atoms with Crippen LogP contribution < -0.4 is 0 Å². The number of thioether (sulfide) groups is 1. The lowest BCUT2D eigenvalue weighted by Gasteiger charge is -1.96. The number of aryl methyl sites for hydroxylation is 1. The van der Waals surface area contributed by atoms with E-state index >= 15 is 0 Å². The van der Waals surface area contributed by atoms with E-state index in [4.69, 9.17) is 0 Å². The van der Waals surface area contributed by atoms with Gasteiger partial charge in [-0.3, -0.25) is 5.10 Å². The highest BCUT2D eigenvalue weighted by molar-refractivity contribution is 7.98. The second-order valence-corrected chi connectivity index (χ2v) is 7.25. The monoisotopic (exact) mass is 338 g/mol. The fourth-order valence-corrected chi connectivity index (χ4v) is 4.02. The third-order valence-electron chi connectivity index (χ3n) is 3.45. The fraction of sp³-hybridized carbons (Fsp3) is 0.118. The normalized spacial score (nSPS) is 11.2. The summed E-state index contributed by atoms with van der Waals surface area (Å²) < 4.78 is 1.22. The first-order chi connectivity index (χ1) is 11.3. The van der Waals surface area contributed by atoms with E-state index < -0.39 is 0 Å². The highest BCUT2D eigenvalue weighted by Gasteiger charge is 2.08. The molecule has 0 amide bonds. The molecule has 0 atom stereocenters. The number of fused-ring (bicyclic) bond motifs is 1. The highest BCUT2D eigenvalue weighted by atomic mass is 32.2. The summed E-state index contributed by atoms with van der Waals surface area (Å²) in [6.07, 6.45) is 0. The molecule has 0 fully saturated rings. The second-order valence-electron chi connectivity index (χ2n) is 5.20. The molecule has 4 nitrogen and oxygen atoms in total. The van der Waals surface area contributed by atoms with Gasteiger partial charge in [0.1, 0.15) is 5.01 Å². The first kappa shape index (κ1) is 14.4. The first-order valence-electron chi connectivity index (χ1n) is 7.24. The molecule has 1 N–H and O–H groups in total. The molecule has 0 bridgehead atoms. The molecule has 0 saturated carbocycles. The summed E-state index contributed by atoms with van der Waals surface area (Å²) in [7, 11) is 0. The van der Waals surface area contributed by atoms with Gasteiger partial charge in [-0.25, -0.2) is 9.97 Å². The van der Waals surface area contributed by atoms with Gasteiger partial charge in [0.25, 0.3) is 0 Å². The van der Waals surface area contributed by atoms with E-state index in [0.29, 0.717) is 0 Å². The van der Waals surface area contributed by atoms with Crippen molar-refractivity contribution in [2.45, 2.75) is 17.8 Å². The molecule has 0 aliphatic rings. The largest absolute Gasteiger partial charge is 0.258 e. The van der Waals surface area contributed by atoms with Gasteiger partial charge in [-0.15, -0.1) is 16.4 Å². The summed E-state index contributed by atoms with van der Waals surface area (Å²) >= 11 is 3.33. The highest BCUT2D eigenvalue weighted by Crippen LogP contribution is 2.27. The van der Waals surface area contributed by atoms with Crippen molar-refractivity contribution >= 4 is 33.3 Å². The quantitative estimate of drug-likeness (QED) is 0.549. The fourth-order valence-electron chi connectivity index (χ4n) is 2.26. The van der Waals surface area contributed by atoms with Crippen LogP contribution in [0.2, 0.25) is 0 Å². The van der Waals surface area contributed by atoms with Gasteiger partial charge in [0, 0.05) is 5.56 Å². The SMILES string of the molecule is Cc1ccc(-c2nc(SCc3nc4ccccc4s3)n[nH]2)cc1. The molecule has 0 unspecified atom stereocenters. The second kappa shape index (κ2) is 6.14. The number of thiazole rings is 1. The predicted molar refractivity (Wildman–Crippen MR) is 95.7 cm³/mol. The van der Waals surface area contributed by atoms with E-state index in [2.05, 4.69) is 57.4 Å². The maximum Gasteiger partial charge on any atom is 0.209 e. The van der Waals surface area contributed by atoms with Gasteiger partial charge >= 0.3 is 0 Å². The van der Waals surface area contributed by atoms with E-state index in [-0.39, 0.29) is 0 Å². The van der Waals surface area contributed by atoms with Crippen LogP contribution in [-0.4, -0.2) is 20.2 Å². The number of para-hydroxylation sites is 1. The Kier molecular flexibility index (Phi) is 3.85. The van der Waals surface area contributed by atoms with Crippen LogP contribution in [0.3, 0.4) is 0 Å². The van der Waals surface area contributed by atoms with Crippen LogP contribution in [0.25, 0.3) is 21.6 Å². The standard InChI is InChI=1S/C17H14N4S2/c1-11-6-8-12(9-7-11)16-19-17(21-20-16)22-10-15-18-13-4-2-3-5-14(13)23-15/h2-9H,10H2,1H3,(H,19,20,21). The molecule has 2 aromatic carbocycles. The molecular weight excluding hydrogens is 324 g/mol. The molecule has 0 saturated heterocycles. The molecule has 0 radical (unpaired) electrons. The molecule has 0 aliphatic carbocycles. The van der Waals surface area contributed by atoms with E-state index in [1.165, 1.54) is 10.3 Å². The Hall–Kier alpha value is -2.18. The van der Waals surface area contributed by atoms with Gasteiger partial charge in [-0.2, -0.15) is 0 Å². The van der Waals surface area contributed by atoms with E-state index in [1.807, 2.05) is 18.2 Å². The van der Waals surface area contributed by atoms with Gasteiger partial charge in [-0.1, -0.05) is 53.7 Å². The number of hydrogen-bond acceptors (Lipinski definition) is 5. The zero-order valence-electron chi connectivity index (χ0n) is 12.5. The van der Waals surface area contributed by atoms with E-state index in [9.17, 15) is 0 Å². The first-order valence-corrected chi connectivity index (χ1v) is 9.05. The zero-order valence-corrected chi connectivity index (χ0v) is 14.1. The number of rotatable bonds is 4. The van der Waals surface area contributed by atoms with Crippen LogP contribution in [0.15, 0.2) is 53.7 Å². The molecule has 2 heterocycles. The van der Waals surface area contributed by atoms with Crippen molar-refractivity contribution < 1.29 is 0 Å². The van der Waals surface area contributed by atoms with Crippen molar-refractivity contribution in [1.82, 2.24) is 20.2 Å². The van der Waals surface area contributed by atoms with Crippen molar-refractivity contribution in [3.8, 4) is 11.4 Å². The Balaban J connectivity index is 1.48. The number of aromatic amines is 1. The number of benzene rings is 2. The maximum atomic E-state index is 4.63. The lowest BCUT2D eigenvalue weighted by atomic mass is 10.1. The Bertz CT molecular complexity index is 908. The third kappa shape index (κ3) is 3.13. The Morgan fingerprint density at radius 3 is 2.70 bits per heavy atom. The van der Waals surface area contributed by atoms with Crippen LogP contribution in [-0.2, 0) is 5.75 Å². The van der Waals surface area contributed by atoms with Gasteiger partial charge in [0.15, 0.2) is 5.82 Å². The number of H-pyrrole nitrogens is 1. The molecule has 0 aliphatic heterocycles. The smallest absolute Gasteiger partial charge is 0.209 e. The number of hydrogen-bond donors (Lipinski definition) is 1. The molecule has 2 aromatic heterocycles. The third-order valence-corrected chi connectivity index (χ3v) is 5.53. The zero-order chi connectivity index (χ0) is 15.6. The number of aromatic nitrogens is 4. The maximum absolute atomic E-state index is 4.63. The van der Waals surface area contributed by atoms with Crippen molar-refractivity contribution in [3.05, 3.63) is 59.1 Å². The minimum atomic E-state index is 0.750. The molecular formula is C17H14N4S2. The number of nitrogens with zero attached hydrogens (tertiary/aromatic N) is 3. The minimum Gasteiger partial charge on any atom is -0.258 e. The Labute approximate surface area is 142 Å². The van der Waals surface area contributed by atoms with Crippen LogP contribution in [0.1, 0.15) is 10.6 Å². The topological polar surface area (TPSA) is 54.5 Å². The summed E-state index contributed by atoms with van der Waals surface area (Å²) in [6.45, 7) is 2.07. The van der Waals surface area contributed by atoms with Crippen molar-refractivity contribution in [1.29, 1.82) is 0 Å². The summed E-state index contributed by atoms with van der Waals surface area (Å²) in [5.41, 5.74) is 3.34. The molecule has 23 heavy (non-hydrogen) atoms. The van der Waals surface area contributed by atoms with Crippen LogP contribution in [0.5, 0.6) is 0 Å². The van der Waals surface area contributed by atoms with Gasteiger partial charge in [0.05, 0.1) is 16.0 Å². The summed E-state index contributed by atoms with van der Waals surface area (Å²) in [4.78, 5) is 9.19. The van der Waals surface area contributed by atoms with Gasteiger partial charge < -0.3 is 0 Å². The minimum absolute atomic E-state index is 0.750. The van der Waals surface area contributed by atoms with Gasteiger partial charge in [-0.05, 0) is 19.1 Å². The van der Waals surface area contributed by atoms with Crippen LogP contribution >= 0.6 is 23.1 Å². The number of nitrogens with one attached hydrogen (secondary N) is 1. The van der Waals surface area contributed by atoms with E-state index in [0.717, 1.165) is 32.8 Å². The molecule has 4 rings (SSSR count). The summed E-state index contributed by atoms with van der Waals surface area (Å²) in [6, 6.07) is 16.5. The van der Waals surface area contributed by atoms with Crippen LogP contribution in [0.4, 0.5) is 0 Å². The molecule has 114 valence electrons. The van der Waals surface area contributed by atoms with Crippen molar-refractivity contribution in [3.63, 3.8) is 0 Å². The van der Waals surface area contributed by atoms with E-state index in [1.54, 1.807) is 23.1 Å². The van der Waals surface area contributed by atoms with Crippen LogP contribution in [0, 0.1) is 6.92 Å². The lowest BCUT2D eigenvalue weighted by Crippen LogP contribution is -1.81. The van der Waals surface area contributed by atoms with Gasteiger partial charge in [0.2, 0.25) is 5.16 Å². The summed E-state index contributed by atoms with van der Waals surface area (Å²) in [5.74, 6) is 1.58. The Morgan fingerprint density at radius 2 is 1.87 bits per heavy atom. The molecule has 6 heteroatoms. The predicted octanol–water partition coefficient (Wildman–Crippen LogP) is 4.68. The van der Waals surface area contributed by atoms with Crippen molar-refractivity contribution in [2.75, 3.05) is 0 Å². The Morgan fingerprint density at radius 1 is 1.04 bits per heavy atom. The molecule has 4 aromatic rings. The average Bonchev–Trinajstić information content (AvgIpc) is 3.20. The average molecular weight is 338 g/mol. The van der Waals surface area contributed by atoms with Crippen molar-refractivity contribution in [2.24, 2.45) is 0 Å². The molecule has 0 spiro atoms. The summed E-state index contributed by atoms with van der Waals surface area (Å²) in [5, 5.41) is 9.14.